The molecule has 3 nitrogen and oxygen atoms in total. The van der Waals surface area contributed by atoms with Crippen LogP contribution < -0.4 is 15.3 Å². The molecular formula is C9H21Cl3O3Ti3. The van der Waals surface area contributed by atoms with Crippen LogP contribution in [0.1, 0.15) is 41.5 Å². The molecule has 0 atom stereocenters. The first-order valence-corrected chi connectivity index (χ1v) is 11.2. The Balaban J connectivity index is -0.0000000249. The molecule has 0 saturated carbocycles. The summed E-state index contributed by atoms with van der Waals surface area (Å²) in [5.41, 5.74) is 0. The first-order valence-electron chi connectivity index (χ1n) is 4.74. The Morgan fingerprint density at radius 3 is 0.500 bits per heavy atom. The van der Waals surface area contributed by atoms with Crippen molar-refractivity contribution in [3.05, 3.63) is 0 Å². The third kappa shape index (κ3) is 723. The van der Waals surface area contributed by atoms with Crippen LogP contribution in [-0.2, 0) is 58.1 Å². The van der Waals surface area contributed by atoms with Gasteiger partial charge in [-0.1, -0.05) is 41.5 Å². The van der Waals surface area contributed by atoms with Gasteiger partial charge in [0.05, 0.1) is 0 Å². The summed E-state index contributed by atoms with van der Waals surface area (Å²) in [6.07, 6.45) is -1.25. The Labute approximate surface area is 159 Å². The van der Waals surface area contributed by atoms with E-state index in [0.29, 0.717) is 0 Å². The maximum absolute atomic E-state index is 9.53. The van der Waals surface area contributed by atoms with Gasteiger partial charge in [-0.05, 0) is 0 Å². The first-order chi connectivity index (χ1) is 8.20. The summed E-state index contributed by atoms with van der Waals surface area (Å²) in [5.74, 6) is 0. The molecule has 0 heterocycles. The summed E-state index contributed by atoms with van der Waals surface area (Å²) in [5, 5.41) is 28.6. The van der Waals surface area contributed by atoms with Crippen molar-refractivity contribution in [1.29, 1.82) is 0 Å². The molecule has 0 aromatic heterocycles. The second-order valence-corrected chi connectivity index (χ2v) is 3.15. The Bertz CT molecular complexity index is 60.8. The van der Waals surface area contributed by atoms with Gasteiger partial charge in [0.1, 0.15) is 0 Å². The minimum atomic E-state index is -0.417. The average Bonchev–Trinajstić information content (AvgIpc) is 2.23. The molecule has 0 N–H and O–H groups in total. The average molecular weight is 427 g/mol. The van der Waals surface area contributed by atoms with Crippen LogP contribution in [0.15, 0.2) is 0 Å². The van der Waals surface area contributed by atoms with E-state index in [9.17, 15) is 15.3 Å². The van der Waals surface area contributed by atoms with E-state index in [4.69, 9.17) is 0 Å². The van der Waals surface area contributed by atoms with Crippen LogP contribution in [0.5, 0.6) is 0 Å². The quantitative estimate of drug-likeness (QED) is 0.548. The van der Waals surface area contributed by atoms with Gasteiger partial charge in [-0.3, -0.25) is 0 Å². The van der Waals surface area contributed by atoms with E-state index in [1.165, 1.54) is 58.1 Å². The zero-order valence-electron chi connectivity index (χ0n) is 11.6. The number of hydrogen-bond donors (Lipinski definition) is 0. The van der Waals surface area contributed by atoms with E-state index in [0.717, 1.165) is 0 Å². The standard InChI is InChI=1S/3C3H7O.3ClH.3Ti/c3*1-3(2)4;;;;;;/h3*3H,1-2H3;3*1H;;;/q3*-1;;;;3*+2/p-3. The molecule has 0 amide bonds. The molecule has 108 valence electrons. The van der Waals surface area contributed by atoms with Crippen LogP contribution >= 0.6 is 27.9 Å². The van der Waals surface area contributed by atoms with Gasteiger partial charge in [-0.25, -0.2) is 0 Å². The molecule has 0 aliphatic heterocycles. The molecule has 18 heavy (non-hydrogen) atoms. The van der Waals surface area contributed by atoms with Crippen LogP contribution in [0, 0.1) is 0 Å². The maximum atomic E-state index is 9.53. The summed E-state index contributed by atoms with van der Waals surface area (Å²) in [4.78, 5) is 0. The van der Waals surface area contributed by atoms with Gasteiger partial charge in [0.15, 0.2) is 0 Å². The number of halogens is 3. The molecule has 0 spiro atoms. The van der Waals surface area contributed by atoms with Gasteiger partial charge in [0.2, 0.25) is 0 Å². The van der Waals surface area contributed by atoms with Crippen LogP contribution in [0.3, 0.4) is 0 Å². The molecule has 9 heteroatoms. The van der Waals surface area contributed by atoms with Crippen LogP contribution in [0.2, 0.25) is 0 Å². The Hall–Kier alpha value is 2.89. The summed E-state index contributed by atoms with van der Waals surface area (Å²) < 4.78 is 0. The van der Waals surface area contributed by atoms with Gasteiger partial charge in [-0.2, -0.15) is 0 Å². The van der Waals surface area contributed by atoms with E-state index < -0.39 is 18.3 Å². The third-order valence-corrected chi connectivity index (χ3v) is 0. The van der Waals surface area contributed by atoms with Crippen molar-refractivity contribution in [2.45, 2.75) is 59.9 Å². The van der Waals surface area contributed by atoms with Gasteiger partial charge in [-0.15, -0.1) is 18.3 Å². The summed E-state index contributed by atoms with van der Waals surface area (Å²) in [6, 6.07) is 0. The van der Waals surface area contributed by atoms with Gasteiger partial charge >= 0.3 is 86.0 Å². The Morgan fingerprint density at radius 2 is 0.500 bits per heavy atom. The molecule has 0 unspecified atom stereocenters. The van der Waals surface area contributed by atoms with Crippen LogP contribution in [-0.4, -0.2) is 18.3 Å². The molecule has 0 aliphatic rings. The molecule has 0 saturated heterocycles. The van der Waals surface area contributed by atoms with Crippen molar-refractivity contribution in [3.8, 4) is 0 Å². The van der Waals surface area contributed by atoms with E-state index in [-0.39, 0.29) is 0 Å². The Morgan fingerprint density at radius 1 is 0.500 bits per heavy atom. The summed E-state index contributed by atoms with van der Waals surface area (Å²) in [6.45, 7) is 9.67. The number of hydrogen-bond acceptors (Lipinski definition) is 3. The summed E-state index contributed by atoms with van der Waals surface area (Å²) >= 11 is 4.42. The predicted molar refractivity (Wildman–Crippen MR) is 63.0 cm³/mol. The van der Waals surface area contributed by atoms with Crippen LogP contribution in [0.4, 0.5) is 0 Å². The normalized spacial score (nSPS) is 6.67. The monoisotopic (exact) mass is 426 g/mol. The number of rotatable bonds is 0. The molecule has 0 fully saturated rings. The molecular weight excluding hydrogens is 406 g/mol. The zero-order chi connectivity index (χ0) is 16.7. The van der Waals surface area contributed by atoms with Crippen molar-refractivity contribution < 1.29 is 73.4 Å². The fourth-order valence-electron chi connectivity index (χ4n) is 0. The SMILES string of the molecule is CC(C)[O-].CC(C)[O-].CC(C)[O-].[Cl][Ti+].[Cl][Ti+].[Cl][Ti+]. The molecule has 0 radical (unpaired) electrons. The van der Waals surface area contributed by atoms with Gasteiger partial charge in [0.25, 0.3) is 0 Å². The van der Waals surface area contributed by atoms with Crippen molar-refractivity contribution in [3.63, 3.8) is 0 Å². The molecule has 0 aliphatic carbocycles. The van der Waals surface area contributed by atoms with Crippen molar-refractivity contribution in [2.75, 3.05) is 0 Å². The second kappa shape index (κ2) is 50.2. The predicted octanol–water partition coefficient (Wildman–Crippen LogP) is 1.33. The fraction of sp³-hybridized carbons (Fsp3) is 1.00. The summed E-state index contributed by atoms with van der Waals surface area (Å²) in [7, 11) is 13.9. The van der Waals surface area contributed by atoms with E-state index in [1.54, 1.807) is 41.5 Å². The van der Waals surface area contributed by atoms with Crippen molar-refractivity contribution in [2.24, 2.45) is 0 Å². The van der Waals surface area contributed by atoms with Gasteiger partial charge in [0, 0.05) is 0 Å². The molecule has 0 aromatic carbocycles. The van der Waals surface area contributed by atoms with E-state index in [1.807, 2.05) is 0 Å². The third-order valence-electron chi connectivity index (χ3n) is 0. The molecule has 0 aromatic rings. The van der Waals surface area contributed by atoms with Crippen LogP contribution in [0.25, 0.3) is 0 Å². The van der Waals surface area contributed by atoms with E-state index >= 15 is 0 Å². The molecule has 0 rings (SSSR count). The van der Waals surface area contributed by atoms with Crippen molar-refractivity contribution in [1.82, 2.24) is 0 Å². The topological polar surface area (TPSA) is 69.2 Å². The minimum absolute atomic E-state index is 0.417. The Kier molecular flexibility index (Phi) is 104. The second-order valence-electron chi connectivity index (χ2n) is 3.15. The van der Waals surface area contributed by atoms with Crippen molar-refractivity contribution >= 4 is 27.9 Å². The zero-order valence-corrected chi connectivity index (χ0v) is 18.5. The van der Waals surface area contributed by atoms with Gasteiger partial charge < -0.3 is 15.3 Å². The fourth-order valence-corrected chi connectivity index (χ4v) is 0. The molecule has 0 bridgehead atoms. The van der Waals surface area contributed by atoms with E-state index in [2.05, 4.69) is 27.9 Å². The first kappa shape index (κ1) is 37.3.